The predicted octanol–water partition coefficient (Wildman–Crippen LogP) is 3.06. The van der Waals surface area contributed by atoms with Gasteiger partial charge in [-0.2, -0.15) is 4.98 Å². The Morgan fingerprint density at radius 3 is 3.00 bits per heavy atom. The van der Waals surface area contributed by atoms with Gasteiger partial charge in [0.25, 0.3) is 5.89 Å². The summed E-state index contributed by atoms with van der Waals surface area (Å²) in [6.45, 7) is 2.12. The van der Waals surface area contributed by atoms with E-state index in [0.717, 1.165) is 12.8 Å². The monoisotopic (exact) mass is 340 g/mol. The number of halogens is 1. The molecule has 0 unspecified atom stereocenters. The lowest BCUT2D eigenvalue weighted by Crippen LogP contribution is -2.00. The molecule has 0 fully saturated rings. The zero-order valence-electron chi connectivity index (χ0n) is 10.8. The summed E-state index contributed by atoms with van der Waals surface area (Å²) in [6, 6.07) is 4.55. The van der Waals surface area contributed by atoms with E-state index in [9.17, 15) is 4.79 Å². The van der Waals surface area contributed by atoms with Gasteiger partial charge in [0.1, 0.15) is 5.75 Å². The van der Waals surface area contributed by atoms with E-state index in [1.165, 1.54) is 12.1 Å². The Morgan fingerprint density at radius 2 is 2.30 bits per heavy atom. The lowest BCUT2D eigenvalue weighted by molar-refractivity contribution is 0.0696. The fraction of sp³-hybridized carbons (Fsp3) is 0.308. The highest BCUT2D eigenvalue weighted by Gasteiger charge is 2.10. The minimum Gasteiger partial charge on any atom is -0.483 e. The Morgan fingerprint density at radius 1 is 1.50 bits per heavy atom. The quantitative estimate of drug-likeness (QED) is 0.869. The van der Waals surface area contributed by atoms with Crippen molar-refractivity contribution in [2.45, 2.75) is 26.4 Å². The van der Waals surface area contributed by atoms with Crippen LogP contribution in [0.5, 0.6) is 5.75 Å². The van der Waals surface area contributed by atoms with E-state index in [0.29, 0.717) is 21.9 Å². The molecule has 0 saturated heterocycles. The zero-order chi connectivity index (χ0) is 14.5. The van der Waals surface area contributed by atoms with Crippen molar-refractivity contribution in [3.8, 4) is 5.75 Å². The van der Waals surface area contributed by atoms with Gasteiger partial charge in [0.05, 0.1) is 10.0 Å². The maximum atomic E-state index is 10.9. The van der Waals surface area contributed by atoms with E-state index in [-0.39, 0.29) is 12.2 Å². The van der Waals surface area contributed by atoms with Crippen LogP contribution in [0.15, 0.2) is 27.2 Å². The molecule has 20 heavy (non-hydrogen) atoms. The number of aromatic carboxylic acids is 1. The number of rotatable bonds is 6. The molecule has 1 aromatic heterocycles. The predicted molar refractivity (Wildman–Crippen MR) is 73.7 cm³/mol. The van der Waals surface area contributed by atoms with E-state index in [1.54, 1.807) is 6.07 Å². The minimum atomic E-state index is -1.01. The van der Waals surface area contributed by atoms with Gasteiger partial charge in [-0.15, -0.1) is 0 Å². The third-order valence-corrected chi connectivity index (χ3v) is 3.17. The molecule has 0 bridgehead atoms. The summed E-state index contributed by atoms with van der Waals surface area (Å²) in [6.07, 6.45) is 1.69. The SMILES string of the molecule is CCCc1noc(COc2cc(C(=O)O)ccc2Br)n1. The molecule has 2 rings (SSSR count). The van der Waals surface area contributed by atoms with E-state index in [2.05, 4.69) is 26.1 Å². The molecule has 106 valence electrons. The van der Waals surface area contributed by atoms with E-state index < -0.39 is 5.97 Å². The number of carbonyl (C=O) groups is 1. The molecule has 0 spiro atoms. The smallest absolute Gasteiger partial charge is 0.335 e. The van der Waals surface area contributed by atoms with Gasteiger partial charge in [-0.05, 0) is 40.5 Å². The Bertz CT molecular complexity index is 612. The maximum absolute atomic E-state index is 10.9. The Balaban J connectivity index is 2.05. The van der Waals surface area contributed by atoms with E-state index in [4.69, 9.17) is 14.4 Å². The van der Waals surface area contributed by atoms with Gasteiger partial charge in [-0.3, -0.25) is 0 Å². The number of nitrogens with zero attached hydrogens (tertiary/aromatic N) is 2. The lowest BCUT2D eigenvalue weighted by atomic mass is 10.2. The van der Waals surface area contributed by atoms with Gasteiger partial charge in [0.2, 0.25) is 0 Å². The summed E-state index contributed by atoms with van der Waals surface area (Å²) in [5.41, 5.74) is 0.153. The summed E-state index contributed by atoms with van der Waals surface area (Å²) < 4.78 is 11.2. The first-order valence-electron chi connectivity index (χ1n) is 6.07. The molecule has 1 N–H and O–H groups in total. The van der Waals surface area contributed by atoms with Crippen molar-refractivity contribution < 1.29 is 19.2 Å². The van der Waals surface area contributed by atoms with E-state index in [1.807, 2.05) is 6.92 Å². The number of aryl methyl sites for hydroxylation is 1. The average molecular weight is 341 g/mol. The highest BCUT2D eigenvalue weighted by molar-refractivity contribution is 9.10. The molecule has 7 heteroatoms. The van der Waals surface area contributed by atoms with Crippen molar-refractivity contribution in [1.29, 1.82) is 0 Å². The molecule has 0 aliphatic carbocycles. The van der Waals surface area contributed by atoms with Crippen molar-refractivity contribution in [1.82, 2.24) is 10.1 Å². The molecule has 0 atom stereocenters. The fourth-order valence-electron chi connectivity index (χ4n) is 1.56. The van der Waals surface area contributed by atoms with Gasteiger partial charge >= 0.3 is 5.97 Å². The molecule has 2 aromatic rings. The number of benzene rings is 1. The van der Waals surface area contributed by atoms with Crippen molar-refractivity contribution in [3.05, 3.63) is 40.0 Å². The second kappa shape index (κ2) is 6.51. The van der Waals surface area contributed by atoms with Crippen LogP contribution in [0.25, 0.3) is 0 Å². The highest BCUT2D eigenvalue weighted by Crippen LogP contribution is 2.26. The third kappa shape index (κ3) is 3.57. The summed E-state index contributed by atoms with van der Waals surface area (Å²) in [4.78, 5) is 15.1. The van der Waals surface area contributed by atoms with Crippen LogP contribution < -0.4 is 4.74 Å². The van der Waals surface area contributed by atoms with Crippen molar-refractivity contribution in [2.75, 3.05) is 0 Å². The minimum absolute atomic E-state index is 0.0956. The molecule has 0 radical (unpaired) electrons. The summed E-state index contributed by atoms with van der Waals surface area (Å²) >= 11 is 3.30. The van der Waals surface area contributed by atoms with Crippen LogP contribution in [-0.2, 0) is 13.0 Å². The molecule has 0 amide bonds. The summed E-state index contributed by atoms with van der Waals surface area (Å²) in [5.74, 6) is 0.413. The topological polar surface area (TPSA) is 85.5 Å². The molecule has 6 nitrogen and oxygen atoms in total. The lowest BCUT2D eigenvalue weighted by Gasteiger charge is -2.06. The number of hydrogen-bond acceptors (Lipinski definition) is 5. The number of ether oxygens (including phenoxy) is 1. The first kappa shape index (κ1) is 14.5. The zero-order valence-corrected chi connectivity index (χ0v) is 12.4. The third-order valence-electron chi connectivity index (χ3n) is 2.51. The summed E-state index contributed by atoms with van der Waals surface area (Å²) in [5, 5.41) is 12.8. The van der Waals surface area contributed by atoms with Crippen LogP contribution in [0.1, 0.15) is 35.4 Å². The van der Waals surface area contributed by atoms with Crippen LogP contribution in [0, 0.1) is 0 Å². The molecule has 0 saturated carbocycles. The molecule has 1 aromatic carbocycles. The standard InChI is InChI=1S/C13H13BrN2O4/c1-2-3-11-15-12(20-16-11)7-19-10-6-8(13(17)18)4-5-9(10)14/h4-6H,2-3,7H2,1H3,(H,17,18). The van der Waals surface area contributed by atoms with E-state index >= 15 is 0 Å². The van der Waals surface area contributed by atoms with Crippen LogP contribution in [0.3, 0.4) is 0 Å². The first-order chi connectivity index (χ1) is 9.60. The highest BCUT2D eigenvalue weighted by atomic mass is 79.9. The van der Waals surface area contributed by atoms with Crippen LogP contribution in [0.4, 0.5) is 0 Å². The van der Waals surface area contributed by atoms with Gasteiger partial charge in [0, 0.05) is 6.42 Å². The van der Waals surface area contributed by atoms with Crippen LogP contribution in [-0.4, -0.2) is 21.2 Å². The van der Waals surface area contributed by atoms with Crippen molar-refractivity contribution in [2.24, 2.45) is 0 Å². The fourth-order valence-corrected chi connectivity index (χ4v) is 1.92. The van der Waals surface area contributed by atoms with Gasteiger partial charge < -0.3 is 14.4 Å². The first-order valence-corrected chi connectivity index (χ1v) is 6.86. The second-order valence-electron chi connectivity index (χ2n) is 4.09. The average Bonchev–Trinajstić information content (AvgIpc) is 2.86. The number of hydrogen-bond donors (Lipinski definition) is 1. The van der Waals surface area contributed by atoms with Crippen LogP contribution >= 0.6 is 15.9 Å². The molecular weight excluding hydrogens is 328 g/mol. The van der Waals surface area contributed by atoms with Gasteiger partial charge in [0.15, 0.2) is 12.4 Å². The number of aromatic nitrogens is 2. The number of carboxylic acid groups (broad SMARTS) is 1. The second-order valence-corrected chi connectivity index (χ2v) is 4.95. The largest absolute Gasteiger partial charge is 0.483 e. The number of carboxylic acids is 1. The Hall–Kier alpha value is -1.89. The summed E-state index contributed by atoms with van der Waals surface area (Å²) in [7, 11) is 0. The normalized spacial score (nSPS) is 10.5. The van der Waals surface area contributed by atoms with Crippen molar-refractivity contribution >= 4 is 21.9 Å². The molecule has 0 aliphatic heterocycles. The Kier molecular flexibility index (Phi) is 4.73. The molecule has 0 aliphatic rings. The van der Waals surface area contributed by atoms with Crippen molar-refractivity contribution in [3.63, 3.8) is 0 Å². The molecular formula is C13H13BrN2O4. The van der Waals surface area contributed by atoms with Gasteiger partial charge in [-0.1, -0.05) is 12.1 Å². The molecule has 1 heterocycles. The Labute approximate surface area is 123 Å². The van der Waals surface area contributed by atoms with Crippen LogP contribution in [0.2, 0.25) is 0 Å². The maximum Gasteiger partial charge on any atom is 0.335 e. The van der Waals surface area contributed by atoms with Gasteiger partial charge in [-0.25, -0.2) is 4.79 Å².